The Kier molecular flexibility index (Phi) is 5.06. The summed E-state index contributed by atoms with van der Waals surface area (Å²) in [7, 11) is 2.02. The fourth-order valence-corrected chi connectivity index (χ4v) is 3.35. The molecule has 112 valence electrons. The van der Waals surface area contributed by atoms with Gasteiger partial charge < -0.3 is 14.8 Å². The van der Waals surface area contributed by atoms with Crippen LogP contribution < -0.4 is 10.1 Å². The lowest BCUT2D eigenvalue weighted by Gasteiger charge is -2.39. The molecule has 1 aliphatic rings. The van der Waals surface area contributed by atoms with Crippen LogP contribution in [0.1, 0.15) is 50.8 Å². The van der Waals surface area contributed by atoms with E-state index in [1.807, 2.05) is 7.05 Å². The number of hydrogen-bond acceptors (Lipinski definition) is 3. The lowest BCUT2D eigenvalue weighted by Crippen LogP contribution is -2.44. The van der Waals surface area contributed by atoms with Gasteiger partial charge in [0.2, 0.25) is 0 Å². The van der Waals surface area contributed by atoms with Gasteiger partial charge in [0.1, 0.15) is 5.75 Å². The van der Waals surface area contributed by atoms with E-state index in [9.17, 15) is 0 Å². The van der Waals surface area contributed by atoms with Crippen LogP contribution in [0.15, 0.2) is 18.2 Å². The van der Waals surface area contributed by atoms with Crippen LogP contribution >= 0.6 is 0 Å². The van der Waals surface area contributed by atoms with Crippen molar-refractivity contribution in [2.24, 2.45) is 0 Å². The number of benzene rings is 1. The number of hydrogen-bond donors (Lipinski definition) is 1. The van der Waals surface area contributed by atoms with E-state index in [1.165, 1.54) is 11.1 Å². The van der Waals surface area contributed by atoms with Crippen molar-refractivity contribution < 1.29 is 9.47 Å². The molecule has 0 fully saturated rings. The molecule has 0 saturated carbocycles. The Labute approximate surface area is 122 Å². The van der Waals surface area contributed by atoms with Gasteiger partial charge in [-0.15, -0.1) is 0 Å². The third-order valence-corrected chi connectivity index (χ3v) is 4.49. The number of rotatable bonds is 7. The summed E-state index contributed by atoms with van der Waals surface area (Å²) in [4.78, 5) is 0. The maximum atomic E-state index is 6.16. The van der Waals surface area contributed by atoms with Crippen molar-refractivity contribution >= 4 is 0 Å². The van der Waals surface area contributed by atoms with Gasteiger partial charge in [0.25, 0.3) is 0 Å². The molecule has 1 atom stereocenters. The Morgan fingerprint density at radius 2 is 2.05 bits per heavy atom. The van der Waals surface area contributed by atoms with Crippen LogP contribution in [-0.2, 0) is 11.2 Å². The molecular formula is C17H27NO2. The van der Waals surface area contributed by atoms with E-state index in [0.717, 1.165) is 38.2 Å². The molecule has 0 aliphatic carbocycles. The van der Waals surface area contributed by atoms with E-state index in [2.05, 4.69) is 44.3 Å². The van der Waals surface area contributed by atoms with Crippen molar-refractivity contribution in [3.05, 3.63) is 29.3 Å². The smallest absolute Gasteiger partial charge is 0.122 e. The minimum absolute atomic E-state index is 0.142. The van der Waals surface area contributed by atoms with E-state index in [4.69, 9.17) is 9.47 Å². The van der Waals surface area contributed by atoms with Gasteiger partial charge in [-0.1, -0.05) is 26.0 Å². The second-order valence-electron chi connectivity index (χ2n) is 5.39. The third-order valence-electron chi connectivity index (χ3n) is 4.49. The van der Waals surface area contributed by atoms with Gasteiger partial charge in [-0.3, -0.25) is 0 Å². The average molecular weight is 277 g/mol. The molecule has 20 heavy (non-hydrogen) atoms. The molecule has 0 radical (unpaired) electrons. The van der Waals surface area contributed by atoms with Crippen molar-refractivity contribution in [2.45, 2.75) is 51.7 Å². The van der Waals surface area contributed by atoms with E-state index >= 15 is 0 Å². The summed E-state index contributed by atoms with van der Waals surface area (Å²) < 4.78 is 11.8. The van der Waals surface area contributed by atoms with Crippen molar-refractivity contribution in [1.29, 1.82) is 0 Å². The summed E-state index contributed by atoms with van der Waals surface area (Å²) in [6.07, 6.45) is 3.01. The average Bonchev–Trinajstić information content (AvgIpc) is 2.94. The largest absolute Gasteiger partial charge is 0.493 e. The highest BCUT2D eigenvalue weighted by molar-refractivity contribution is 5.41. The van der Waals surface area contributed by atoms with Gasteiger partial charge in [0.05, 0.1) is 18.2 Å². The Morgan fingerprint density at radius 1 is 1.30 bits per heavy atom. The highest BCUT2D eigenvalue weighted by Crippen LogP contribution is 2.37. The first-order chi connectivity index (χ1) is 9.70. The molecule has 0 aromatic heterocycles. The first-order valence-electron chi connectivity index (χ1n) is 7.77. The van der Waals surface area contributed by atoms with Crippen LogP contribution in [-0.4, -0.2) is 25.9 Å². The highest BCUT2D eigenvalue weighted by Gasteiger charge is 2.37. The predicted molar refractivity (Wildman–Crippen MR) is 82.4 cm³/mol. The molecule has 1 aromatic carbocycles. The van der Waals surface area contributed by atoms with Crippen molar-refractivity contribution in [1.82, 2.24) is 5.32 Å². The van der Waals surface area contributed by atoms with E-state index in [0.29, 0.717) is 0 Å². The summed E-state index contributed by atoms with van der Waals surface area (Å²) in [6.45, 7) is 8.04. The second-order valence-corrected chi connectivity index (χ2v) is 5.39. The SMILES string of the molecule is CCOC(CC)(CC)C(NC)c1ccc2c(c1)CCO2. The van der Waals surface area contributed by atoms with Crippen LogP contribution in [0.2, 0.25) is 0 Å². The Hall–Kier alpha value is -1.06. The zero-order chi connectivity index (χ0) is 14.6. The minimum Gasteiger partial charge on any atom is -0.493 e. The summed E-state index contributed by atoms with van der Waals surface area (Å²) in [6, 6.07) is 6.76. The number of fused-ring (bicyclic) bond motifs is 1. The van der Waals surface area contributed by atoms with Gasteiger partial charge in [-0.2, -0.15) is 0 Å². The van der Waals surface area contributed by atoms with Crippen LogP contribution in [0, 0.1) is 0 Å². The van der Waals surface area contributed by atoms with Crippen molar-refractivity contribution in [3.8, 4) is 5.75 Å². The molecule has 1 heterocycles. The molecular weight excluding hydrogens is 250 g/mol. The summed E-state index contributed by atoms with van der Waals surface area (Å²) in [5, 5.41) is 3.47. The fraction of sp³-hybridized carbons (Fsp3) is 0.647. The maximum absolute atomic E-state index is 6.16. The van der Waals surface area contributed by atoms with Crippen LogP contribution in [0.5, 0.6) is 5.75 Å². The third kappa shape index (κ3) is 2.70. The zero-order valence-electron chi connectivity index (χ0n) is 13.2. The Balaban J connectivity index is 2.35. The van der Waals surface area contributed by atoms with E-state index < -0.39 is 0 Å². The topological polar surface area (TPSA) is 30.5 Å². The number of likely N-dealkylation sites (N-methyl/N-ethyl adjacent to an activating group) is 1. The maximum Gasteiger partial charge on any atom is 0.122 e. The van der Waals surface area contributed by atoms with Crippen LogP contribution in [0.25, 0.3) is 0 Å². The summed E-state index contributed by atoms with van der Waals surface area (Å²) >= 11 is 0. The first-order valence-corrected chi connectivity index (χ1v) is 7.77. The molecule has 0 bridgehead atoms. The Morgan fingerprint density at radius 3 is 2.65 bits per heavy atom. The normalized spacial score (nSPS) is 15.8. The Bertz CT molecular complexity index is 441. The molecule has 0 saturated heterocycles. The number of nitrogens with one attached hydrogen (secondary N) is 1. The number of ether oxygens (including phenoxy) is 2. The van der Waals surface area contributed by atoms with Gasteiger partial charge >= 0.3 is 0 Å². The van der Waals surface area contributed by atoms with E-state index in [1.54, 1.807) is 0 Å². The summed E-state index contributed by atoms with van der Waals surface area (Å²) in [5.74, 6) is 1.04. The van der Waals surface area contributed by atoms with Crippen LogP contribution in [0.4, 0.5) is 0 Å². The molecule has 3 nitrogen and oxygen atoms in total. The quantitative estimate of drug-likeness (QED) is 0.827. The minimum atomic E-state index is -0.142. The first kappa shape index (κ1) is 15.3. The predicted octanol–water partition coefficient (Wildman–Crippen LogP) is 3.48. The van der Waals surface area contributed by atoms with Gasteiger partial charge in [-0.05, 0) is 44.0 Å². The van der Waals surface area contributed by atoms with Crippen molar-refractivity contribution in [3.63, 3.8) is 0 Å². The molecule has 1 aromatic rings. The zero-order valence-corrected chi connectivity index (χ0v) is 13.2. The highest BCUT2D eigenvalue weighted by atomic mass is 16.5. The monoisotopic (exact) mass is 277 g/mol. The van der Waals surface area contributed by atoms with Gasteiger partial charge in [-0.25, -0.2) is 0 Å². The lowest BCUT2D eigenvalue weighted by atomic mass is 9.83. The molecule has 0 amide bonds. The molecule has 0 spiro atoms. The molecule has 1 unspecified atom stereocenters. The standard InChI is InChI=1S/C17H27NO2/c1-5-17(6-2,20-7-3)16(18-4)14-8-9-15-13(12-14)10-11-19-15/h8-9,12,16,18H,5-7,10-11H2,1-4H3. The van der Waals surface area contributed by atoms with Gasteiger partial charge in [0.15, 0.2) is 0 Å². The van der Waals surface area contributed by atoms with Crippen LogP contribution in [0.3, 0.4) is 0 Å². The van der Waals surface area contributed by atoms with Gasteiger partial charge in [0, 0.05) is 13.0 Å². The second kappa shape index (κ2) is 6.59. The molecule has 2 rings (SSSR count). The molecule has 3 heteroatoms. The fourth-order valence-electron chi connectivity index (χ4n) is 3.35. The molecule has 1 aliphatic heterocycles. The molecule has 1 N–H and O–H groups in total. The van der Waals surface area contributed by atoms with Crippen molar-refractivity contribution in [2.75, 3.05) is 20.3 Å². The summed E-state index contributed by atoms with van der Waals surface area (Å²) in [5.41, 5.74) is 2.48. The van der Waals surface area contributed by atoms with E-state index in [-0.39, 0.29) is 11.6 Å². The lowest BCUT2D eigenvalue weighted by molar-refractivity contribution is -0.0717.